The van der Waals surface area contributed by atoms with Gasteiger partial charge in [-0.2, -0.15) is 0 Å². The highest BCUT2D eigenvalue weighted by molar-refractivity contribution is 5.85. The number of nitrogens with one attached hydrogen (secondary N) is 2. The van der Waals surface area contributed by atoms with Gasteiger partial charge in [-0.05, 0) is 37.8 Å². The van der Waals surface area contributed by atoms with Crippen LogP contribution >= 0.6 is 12.4 Å². The van der Waals surface area contributed by atoms with Crippen molar-refractivity contribution < 1.29 is 4.79 Å². The van der Waals surface area contributed by atoms with E-state index in [1.165, 1.54) is 24.8 Å². The SMILES string of the molecule is CNCC(=O)NC1CCCCC1Cc1ccccc1.Cl. The summed E-state index contributed by atoms with van der Waals surface area (Å²) >= 11 is 0. The molecule has 0 bridgehead atoms. The summed E-state index contributed by atoms with van der Waals surface area (Å²) in [7, 11) is 1.81. The van der Waals surface area contributed by atoms with Crippen molar-refractivity contribution in [2.24, 2.45) is 5.92 Å². The minimum Gasteiger partial charge on any atom is -0.352 e. The van der Waals surface area contributed by atoms with Crippen LogP contribution in [0.1, 0.15) is 31.2 Å². The number of carbonyl (C=O) groups excluding carboxylic acids is 1. The van der Waals surface area contributed by atoms with Gasteiger partial charge in [0.25, 0.3) is 0 Å². The predicted octanol–water partition coefficient (Wildman–Crippen LogP) is 2.55. The summed E-state index contributed by atoms with van der Waals surface area (Å²) in [5.41, 5.74) is 1.38. The van der Waals surface area contributed by atoms with Crippen LogP contribution in [0, 0.1) is 5.92 Å². The molecule has 1 saturated carbocycles. The van der Waals surface area contributed by atoms with Gasteiger partial charge in [0.05, 0.1) is 6.54 Å². The van der Waals surface area contributed by atoms with Crippen molar-refractivity contribution in [3.05, 3.63) is 35.9 Å². The molecule has 2 rings (SSSR count). The van der Waals surface area contributed by atoms with E-state index in [1.807, 2.05) is 7.05 Å². The number of halogens is 1. The Labute approximate surface area is 127 Å². The van der Waals surface area contributed by atoms with E-state index in [-0.39, 0.29) is 18.3 Å². The van der Waals surface area contributed by atoms with E-state index < -0.39 is 0 Å². The van der Waals surface area contributed by atoms with Crippen molar-refractivity contribution >= 4 is 18.3 Å². The molecule has 4 heteroatoms. The molecule has 3 nitrogen and oxygen atoms in total. The number of hydrogen-bond acceptors (Lipinski definition) is 2. The topological polar surface area (TPSA) is 41.1 Å². The molecular formula is C16H25ClN2O. The van der Waals surface area contributed by atoms with Crippen LogP contribution in [0.15, 0.2) is 30.3 Å². The molecule has 1 aliphatic carbocycles. The molecule has 0 spiro atoms. The molecule has 1 fully saturated rings. The normalized spacial score (nSPS) is 21.9. The lowest BCUT2D eigenvalue weighted by atomic mass is 9.80. The molecule has 0 radical (unpaired) electrons. The van der Waals surface area contributed by atoms with Crippen molar-refractivity contribution in [1.29, 1.82) is 0 Å². The Morgan fingerprint density at radius 1 is 1.20 bits per heavy atom. The molecule has 20 heavy (non-hydrogen) atoms. The summed E-state index contributed by atoms with van der Waals surface area (Å²) < 4.78 is 0. The number of benzene rings is 1. The smallest absolute Gasteiger partial charge is 0.234 e. The lowest BCUT2D eigenvalue weighted by molar-refractivity contribution is -0.121. The number of rotatable bonds is 5. The van der Waals surface area contributed by atoms with E-state index in [4.69, 9.17) is 0 Å². The first kappa shape index (κ1) is 17.0. The molecule has 1 aromatic rings. The molecule has 1 aliphatic rings. The second-order valence-electron chi connectivity index (χ2n) is 5.44. The van der Waals surface area contributed by atoms with Gasteiger partial charge in [0.1, 0.15) is 0 Å². The lowest BCUT2D eigenvalue weighted by Crippen LogP contribution is -2.45. The first-order chi connectivity index (χ1) is 9.29. The quantitative estimate of drug-likeness (QED) is 0.877. The molecule has 2 unspecified atom stereocenters. The molecule has 112 valence electrons. The summed E-state index contributed by atoms with van der Waals surface area (Å²) in [6.45, 7) is 0.411. The van der Waals surface area contributed by atoms with Gasteiger partial charge in [-0.1, -0.05) is 43.2 Å². The molecule has 1 amide bonds. The fourth-order valence-corrected chi connectivity index (χ4v) is 2.98. The molecule has 0 saturated heterocycles. The lowest BCUT2D eigenvalue weighted by Gasteiger charge is -2.32. The Bertz CT molecular complexity index is 397. The van der Waals surface area contributed by atoms with Crippen molar-refractivity contribution in [2.45, 2.75) is 38.1 Å². The Morgan fingerprint density at radius 3 is 2.60 bits per heavy atom. The van der Waals surface area contributed by atoms with E-state index in [2.05, 4.69) is 41.0 Å². The zero-order chi connectivity index (χ0) is 13.5. The van der Waals surface area contributed by atoms with Gasteiger partial charge in [0, 0.05) is 6.04 Å². The number of carbonyl (C=O) groups is 1. The monoisotopic (exact) mass is 296 g/mol. The summed E-state index contributed by atoms with van der Waals surface area (Å²) in [4.78, 5) is 11.7. The first-order valence-electron chi connectivity index (χ1n) is 7.27. The third-order valence-electron chi connectivity index (χ3n) is 3.93. The molecule has 2 N–H and O–H groups in total. The Morgan fingerprint density at radius 2 is 1.90 bits per heavy atom. The predicted molar refractivity (Wildman–Crippen MR) is 85.2 cm³/mol. The van der Waals surface area contributed by atoms with Crippen molar-refractivity contribution in [2.75, 3.05) is 13.6 Å². The van der Waals surface area contributed by atoms with E-state index in [1.54, 1.807) is 0 Å². The Kier molecular flexibility index (Phi) is 7.63. The van der Waals surface area contributed by atoms with E-state index in [0.717, 1.165) is 12.8 Å². The molecule has 0 aliphatic heterocycles. The highest BCUT2D eigenvalue weighted by atomic mass is 35.5. The minimum atomic E-state index is 0. The van der Waals surface area contributed by atoms with Crippen LogP contribution in [-0.4, -0.2) is 25.5 Å². The third-order valence-corrected chi connectivity index (χ3v) is 3.93. The second kappa shape index (κ2) is 8.98. The van der Waals surface area contributed by atoms with Gasteiger partial charge in [0.15, 0.2) is 0 Å². The highest BCUT2D eigenvalue weighted by Crippen LogP contribution is 2.27. The summed E-state index contributed by atoms with van der Waals surface area (Å²) in [6, 6.07) is 10.9. The van der Waals surface area contributed by atoms with Crippen LogP contribution < -0.4 is 10.6 Å². The third kappa shape index (κ3) is 5.14. The second-order valence-corrected chi connectivity index (χ2v) is 5.44. The highest BCUT2D eigenvalue weighted by Gasteiger charge is 2.26. The fraction of sp³-hybridized carbons (Fsp3) is 0.562. The van der Waals surface area contributed by atoms with Gasteiger partial charge in [0.2, 0.25) is 5.91 Å². The van der Waals surface area contributed by atoms with E-state index in [9.17, 15) is 4.79 Å². The number of amides is 1. The molecule has 0 aromatic heterocycles. The number of likely N-dealkylation sites (N-methyl/N-ethyl adjacent to an activating group) is 1. The van der Waals surface area contributed by atoms with E-state index in [0.29, 0.717) is 18.5 Å². The van der Waals surface area contributed by atoms with Gasteiger partial charge in [-0.15, -0.1) is 12.4 Å². The fourth-order valence-electron chi connectivity index (χ4n) is 2.98. The van der Waals surface area contributed by atoms with Gasteiger partial charge in [-0.25, -0.2) is 0 Å². The van der Waals surface area contributed by atoms with Crippen LogP contribution in [0.25, 0.3) is 0 Å². The number of hydrogen-bond donors (Lipinski definition) is 2. The Hall–Kier alpha value is -1.06. The summed E-state index contributed by atoms with van der Waals surface area (Å²) in [6.07, 6.45) is 5.93. The van der Waals surface area contributed by atoms with Crippen LogP contribution in [0.4, 0.5) is 0 Å². The van der Waals surface area contributed by atoms with Crippen LogP contribution in [0.2, 0.25) is 0 Å². The maximum absolute atomic E-state index is 11.7. The largest absolute Gasteiger partial charge is 0.352 e. The molecule has 0 heterocycles. The van der Waals surface area contributed by atoms with Crippen molar-refractivity contribution in [3.63, 3.8) is 0 Å². The average molecular weight is 297 g/mol. The van der Waals surface area contributed by atoms with Gasteiger partial charge >= 0.3 is 0 Å². The van der Waals surface area contributed by atoms with Crippen LogP contribution in [0.3, 0.4) is 0 Å². The standard InChI is InChI=1S/C16H24N2O.ClH/c1-17-12-16(19)18-15-10-6-5-9-14(15)11-13-7-3-2-4-8-13;/h2-4,7-8,14-15,17H,5-6,9-12H2,1H3,(H,18,19);1H. The van der Waals surface area contributed by atoms with Crippen molar-refractivity contribution in [3.8, 4) is 0 Å². The molecule has 2 atom stereocenters. The van der Waals surface area contributed by atoms with E-state index >= 15 is 0 Å². The molecule has 1 aromatic carbocycles. The average Bonchev–Trinajstić information content (AvgIpc) is 2.42. The molecular weight excluding hydrogens is 272 g/mol. The minimum absolute atomic E-state index is 0. The maximum Gasteiger partial charge on any atom is 0.234 e. The first-order valence-corrected chi connectivity index (χ1v) is 7.27. The zero-order valence-electron chi connectivity index (χ0n) is 12.1. The zero-order valence-corrected chi connectivity index (χ0v) is 12.9. The van der Waals surface area contributed by atoms with Gasteiger partial charge < -0.3 is 10.6 Å². The Balaban J connectivity index is 0.00000200. The maximum atomic E-state index is 11.7. The van der Waals surface area contributed by atoms with Crippen LogP contribution in [0.5, 0.6) is 0 Å². The van der Waals surface area contributed by atoms with Crippen molar-refractivity contribution in [1.82, 2.24) is 10.6 Å². The van der Waals surface area contributed by atoms with Crippen LogP contribution in [-0.2, 0) is 11.2 Å². The summed E-state index contributed by atoms with van der Waals surface area (Å²) in [5.74, 6) is 0.699. The summed E-state index contributed by atoms with van der Waals surface area (Å²) in [5, 5.41) is 6.10. The van der Waals surface area contributed by atoms with Gasteiger partial charge in [-0.3, -0.25) is 4.79 Å².